The zero-order valence-corrected chi connectivity index (χ0v) is 10.0. The van der Waals surface area contributed by atoms with Gasteiger partial charge in [0.15, 0.2) is 0 Å². The molecule has 5 heteroatoms. The molecule has 0 bridgehead atoms. The molecule has 0 heterocycles. The van der Waals surface area contributed by atoms with E-state index in [4.69, 9.17) is 16.2 Å². The highest BCUT2D eigenvalue weighted by Gasteiger charge is 2.08. The van der Waals surface area contributed by atoms with Gasteiger partial charge < -0.3 is 16.2 Å². The summed E-state index contributed by atoms with van der Waals surface area (Å²) < 4.78 is 5.08. The first-order valence-electron chi connectivity index (χ1n) is 4.95. The molecule has 1 aromatic carbocycles. The third kappa shape index (κ3) is 4.02. The molecule has 0 aromatic heterocycles. The van der Waals surface area contributed by atoms with Gasteiger partial charge in [-0.15, -0.1) is 0 Å². The molecule has 1 aromatic rings. The lowest BCUT2D eigenvalue weighted by molar-refractivity contribution is 0.0506. The summed E-state index contributed by atoms with van der Waals surface area (Å²) in [5.41, 5.74) is 12.5. The number of carbonyl (C=O) groups is 1. The van der Waals surface area contributed by atoms with E-state index in [0.29, 0.717) is 23.5 Å². The Morgan fingerprint density at radius 2 is 1.94 bits per heavy atom. The fraction of sp³-hybridized carbons (Fsp3) is 0.364. The van der Waals surface area contributed by atoms with Crippen molar-refractivity contribution in [1.82, 2.24) is 0 Å². The molecule has 4 N–H and O–H groups in total. The number of carbonyl (C=O) groups excluding carboxylic acids is 1. The first kappa shape index (κ1) is 12.7. The van der Waals surface area contributed by atoms with E-state index in [1.807, 2.05) is 6.26 Å². The summed E-state index contributed by atoms with van der Waals surface area (Å²) >= 11 is 1.72. The minimum atomic E-state index is -0.375. The number of ether oxygens (including phenoxy) is 1. The van der Waals surface area contributed by atoms with E-state index in [1.54, 1.807) is 30.0 Å². The van der Waals surface area contributed by atoms with Crippen molar-refractivity contribution in [3.05, 3.63) is 23.8 Å². The molecule has 0 atom stereocenters. The maximum Gasteiger partial charge on any atom is 0.338 e. The lowest BCUT2D eigenvalue weighted by Crippen LogP contribution is -2.08. The predicted molar refractivity (Wildman–Crippen MR) is 68.5 cm³/mol. The Kier molecular flexibility index (Phi) is 4.98. The second-order valence-corrected chi connectivity index (χ2v) is 4.36. The highest BCUT2D eigenvalue weighted by atomic mass is 32.2. The Hall–Kier alpha value is -1.36. The van der Waals surface area contributed by atoms with Gasteiger partial charge in [0.1, 0.15) is 0 Å². The monoisotopic (exact) mass is 240 g/mol. The van der Waals surface area contributed by atoms with Crippen LogP contribution in [0, 0.1) is 0 Å². The van der Waals surface area contributed by atoms with Gasteiger partial charge in [-0.3, -0.25) is 0 Å². The van der Waals surface area contributed by atoms with Crippen molar-refractivity contribution in [2.75, 3.05) is 30.1 Å². The summed E-state index contributed by atoms with van der Waals surface area (Å²) in [7, 11) is 0. The minimum Gasteiger partial charge on any atom is -0.462 e. The molecule has 16 heavy (non-hydrogen) atoms. The quantitative estimate of drug-likeness (QED) is 0.466. The van der Waals surface area contributed by atoms with Crippen molar-refractivity contribution < 1.29 is 9.53 Å². The first-order chi connectivity index (χ1) is 7.63. The van der Waals surface area contributed by atoms with Crippen molar-refractivity contribution >= 4 is 29.1 Å². The van der Waals surface area contributed by atoms with Gasteiger partial charge in [-0.25, -0.2) is 4.79 Å². The largest absolute Gasteiger partial charge is 0.462 e. The Bertz CT molecular complexity index is 349. The zero-order valence-electron chi connectivity index (χ0n) is 9.23. The normalized spacial score (nSPS) is 10.1. The first-order valence-corrected chi connectivity index (χ1v) is 6.35. The van der Waals surface area contributed by atoms with Crippen LogP contribution in [-0.4, -0.2) is 24.6 Å². The van der Waals surface area contributed by atoms with Gasteiger partial charge in [0, 0.05) is 11.4 Å². The van der Waals surface area contributed by atoms with Crippen LogP contribution < -0.4 is 11.5 Å². The van der Waals surface area contributed by atoms with Crippen molar-refractivity contribution in [2.45, 2.75) is 6.42 Å². The average Bonchev–Trinajstić information content (AvgIpc) is 2.22. The molecule has 0 aliphatic carbocycles. The summed E-state index contributed by atoms with van der Waals surface area (Å²) in [6.07, 6.45) is 2.87. The van der Waals surface area contributed by atoms with Crippen molar-refractivity contribution in [3.63, 3.8) is 0 Å². The lowest BCUT2D eigenvalue weighted by atomic mass is 10.2. The number of benzene rings is 1. The van der Waals surface area contributed by atoms with Crippen LogP contribution in [0.1, 0.15) is 16.8 Å². The van der Waals surface area contributed by atoms with Crippen LogP contribution in [0.4, 0.5) is 11.4 Å². The highest BCUT2D eigenvalue weighted by molar-refractivity contribution is 7.98. The SMILES string of the molecule is CSCCCOC(=O)c1cc(N)cc(N)c1. The van der Waals surface area contributed by atoms with E-state index in [-0.39, 0.29) is 5.97 Å². The summed E-state index contributed by atoms with van der Waals surface area (Å²) in [4.78, 5) is 11.6. The maximum absolute atomic E-state index is 11.6. The predicted octanol–water partition coefficient (Wildman–Crippen LogP) is 1.76. The molecule has 0 aliphatic heterocycles. The molecule has 0 aliphatic rings. The molecule has 4 nitrogen and oxygen atoms in total. The van der Waals surface area contributed by atoms with Crippen molar-refractivity contribution in [1.29, 1.82) is 0 Å². The number of nitrogen functional groups attached to an aromatic ring is 2. The van der Waals surface area contributed by atoms with Crippen LogP contribution in [-0.2, 0) is 4.74 Å². The van der Waals surface area contributed by atoms with Crippen LogP contribution in [0.25, 0.3) is 0 Å². The molecule has 0 amide bonds. The standard InChI is InChI=1S/C11H16N2O2S/c1-16-4-2-3-15-11(14)8-5-9(12)7-10(13)6-8/h5-7H,2-4,12-13H2,1H3. The van der Waals surface area contributed by atoms with E-state index >= 15 is 0 Å². The Labute approximate surface area is 99.3 Å². The topological polar surface area (TPSA) is 78.3 Å². The number of hydrogen-bond donors (Lipinski definition) is 2. The summed E-state index contributed by atoms with van der Waals surface area (Å²) in [5.74, 6) is 0.604. The van der Waals surface area contributed by atoms with Crippen molar-refractivity contribution in [3.8, 4) is 0 Å². The Morgan fingerprint density at radius 3 is 2.50 bits per heavy atom. The van der Waals surface area contributed by atoms with Crippen LogP contribution in [0.15, 0.2) is 18.2 Å². The van der Waals surface area contributed by atoms with Crippen LogP contribution in [0.5, 0.6) is 0 Å². The fourth-order valence-electron chi connectivity index (χ4n) is 1.25. The van der Waals surface area contributed by atoms with E-state index < -0.39 is 0 Å². The van der Waals surface area contributed by atoms with E-state index in [0.717, 1.165) is 12.2 Å². The molecule has 0 fully saturated rings. The second-order valence-electron chi connectivity index (χ2n) is 3.37. The highest BCUT2D eigenvalue weighted by Crippen LogP contribution is 2.14. The van der Waals surface area contributed by atoms with E-state index in [9.17, 15) is 4.79 Å². The Balaban J connectivity index is 2.52. The number of thioether (sulfide) groups is 1. The third-order valence-corrected chi connectivity index (χ3v) is 2.64. The molecular weight excluding hydrogens is 224 g/mol. The third-order valence-electron chi connectivity index (χ3n) is 1.94. The van der Waals surface area contributed by atoms with Gasteiger partial charge in [-0.05, 0) is 36.6 Å². The molecule has 0 saturated carbocycles. The van der Waals surface area contributed by atoms with E-state index in [2.05, 4.69) is 0 Å². The van der Waals surface area contributed by atoms with Crippen molar-refractivity contribution in [2.24, 2.45) is 0 Å². The maximum atomic E-state index is 11.6. The second kappa shape index (κ2) is 6.27. The smallest absolute Gasteiger partial charge is 0.338 e. The van der Waals surface area contributed by atoms with Gasteiger partial charge in [0.05, 0.1) is 12.2 Å². The summed E-state index contributed by atoms with van der Waals surface area (Å²) in [6, 6.07) is 4.73. The van der Waals surface area contributed by atoms with E-state index in [1.165, 1.54) is 0 Å². The molecule has 0 spiro atoms. The summed E-state index contributed by atoms with van der Waals surface area (Å²) in [6.45, 7) is 0.425. The number of hydrogen-bond acceptors (Lipinski definition) is 5. The summed E-state index contributed by atoms with van der Waals surface area (Å²) in [5, 5.41) is 0. The molecule has 0 unspecified atom stereocenters. The Morgan fingerprint density at radius 1 is 1.31 bits per heavy atom. The number of nitrogens with two attached hydrogens (primary N) is 2. The number of rotatable bonds is 5. The molecule has 0 radical (unpaired) electrons. The zero-order chi connectivity index (χ0) is 12.0. The van der Waals surface area contributed by atoms with Crippen LogP contribution in [0.2, 0.25) is 0 Å². The fourth-order valence-corrected chi connectivity index (χ4v) is 1.65. The van der Waals surface area contributed by atoms with Gasteiger partial charge in [-0.2, -0.15) is 11.8 Å². The molecule has 1 rings (SSSR count). The number of anilines is 2. The van der Waals surface area contributed by atoms with Crippen LogP contribution >= 0.6 is 11.8 Å². The van der Waals surface area contributed by atoms with Crippen LogP contribution in [0.3, 0.4) is 0 Å². The van der Waals surface area contributed by atoms with Gasteiger partial charge in [0.25, 0.3) is 0 Å². The van der Waals surface area contributed by atoms with Gasteiger partial charge >= 0.3 is 5.97 Å². The lowest BCUT2D eigenvalue weighted by Gasteiger charge is -2.05. The average molecular weight is 240 g/mol. The molecule has 88 valence electrons. The minimum absolute atomic E-state index is 0.375. The van der Waals surface area contributed by atoms with Gasteiger partial charge in [0.2, 0.25) is 0 Å². The molecule has 0 saturated heterocycles. The number of esters is 1. The molecular formula is C11H16N2O2S. The van der Waals surface area contributed by atoms with Gasteiger partial charge in [-0.1, -0.05) is 0 Å².